The van der Waals surface area contributed by atoms with Crippen LogP contribution in [0.5, 0.6) is 0 Å². The molecule has 7 heteroatoms. The van der Waals surface area contributed by atoms with E-state index in [0.29, 0.717) is 18.8 Å². The Morgan fingerprint density at radius 1 is 1.43 bits per heavy atom. The summed E-state index contributed by atoms with van der Waals surface area (Å²) < 4.78 is 0. The Hall–Kier alpha value is -2.15. The van der Waals surface area contributed by atoms with E-state index in [4.69, 9.17) is 0 Å². The molecule has 0 spiro atoms. The van der Waals surface area contributed by atoms with E-state index in [0.717, 1.165) is 12.0 Å². The summed E-state index contributed by atoms with van der Waals surface area (Å²) in [4.78, 5) is 23.8. The number of benzene rings is 1. The van der Waals surface area contributed by atoms with E-state index in [9.17, 15) is 14.9 Å². The molecule has 2 N–H and O–H groups in total. The number of carbonyl (C=O) groups is 1. The van der Waals surface area contributed by atoms with Crippen molar-refractivity contribution in [1.29, 1.82) is 0 Å². The van der Waals surface area contributed by atoms with Gasteiger partial charge in [0.1, 0.15) is 5.69 Å². The molecule has 0 saturated carbocycles. The molecule has 0 atom stereocenters. The molecule has 116 valence electrons. The molecule has 21 heavy (non-hydrogen) atoms. The van der Waals surface area contributed by atoms with Crippen LogP contribution >= 0.6 is 0 Å². The quantitative estimate of drug-likeness (QED) is 0.561. The number of nitrogens with zero attached hydrogens (tertiary/aromatic N) is 2. The van der Waals surface area contributed by atoms with Gasteiger partial charge in [-0.15, -0.1) is 0 Å². The Kier molecular flexibility index (Phi) is 6.61. The molecule has 0 aliphatic carbocycles. The van der Waals surface area contributed by atoms with E-state index in [1.807, 2.05) is 13.0 Å². The Morgan fingerprint density at radius 3 is 2.71 bits per heavy atom. The fourth-order valence-electron chi connectivity index (χ4n) is 1.93. The average Bonchev–Trinajstić information content (AvgIpc) is 2.45. The van der Waals surface area contributed by atoms with Gasteiger partial charge in [0, 0.05) is 26.2 Å². The van der Waals surface area contributed by atoms with E-state index in [-0.39, 0.29) is 23.1 Å². The van der Waals surface area contributed by atoms with Crippen LogP contribution in [0.25, 0.3) is 0 Å². The van der Waals surface area contributed by atoms with Gasteiger partial charge in [-0.05, 0) is 25.1 Å². The van der Waals surface area contributed by atoms with Gasteiger partial charge in [0.15, 0.2) is 0 Å². The first-order valence-corrected chi connectivity index (χ1v) is 6.88. The van der Waals surface area contributed by atoms with Crippen LogP contribution in [0.4, 0.5) is 11.4 Å². The van der Waals surface area contributed by atoms with Gasteiger partial charge in [0.25, 0.3) is 5.69 Å². The summed E-state index contributed by atoms with van der Waals surface area (Å²) in [6, 6.07) is 5.11. The molecule has 0 aliphatic rings. The number of carbonyl (C=O) groups excluding carboxylic acids is 1. The molecule has 0 heterocycles. The van der Waals surface area contributed by atoms with Crippen LogP contribution in [0.1, 0.15) is 18.9 Å². The number of hydrogen-bond acceptors (Lipinski definition) is 5. The fourth-order valence-corrected chi connectivity index (χ4v) is 1.93. The van der Waals surface area contributed by atoms with Crippen molar-refractivity contribution in [2.45, 2.75) is 19.9 Å². The van der Waals surface area contributed by atoms with Crippen molar-refractivity contribution >= 4 is 17.3 Å². The van der Waals surface area contributed by atoms with Gasteiger partial charge in [0.05, 0.1) is 11.5 Å². The number of hydrogen-bond donors (Lipinski definition) is 2. The topological polar surface area (TPSA) is 87.5 Å². The molecule has 0 aromatic heterocycles. The molecule has 0 radical (unpaired) electrons. The van der Waals surface area contributed by atoms with Crippen molar-refractivity contribution in [3.8, 4) is 0 Å². The monoisotopic (exact) mass is 294 g/mol. The van der Waals surface area contributed by atoms with Gasteiger partial charge in [-0.1, -0.05) is 13.0 Å². The second kappa shape index (κ2) is 8.21. The molecule has 1 rings (SSSR count). The smallest absolute Gasteiger partial charge is 0.292 e. The van der Waals surface area contributed by atoms with Crippen LogP contribution in [0.3, 0.4) is 0 Å². The second-order valence-corrected chi connectivity index (χ2v) is 4.88. The van der Waals surface area contributed by atoms with Gasteiger partial charge in [-0.3, -0.25) is 19.8 Å². The summed E-state index contributed by atoms with van der Waals surface area (Å²) in [6.07, 6.45) is 0.897. The van der Waals surface area contributed by atoms with Crippen molar-refractivity contribution in [2.75, 3.05) is 32.5 Å². The zero-order valence-corrected chi connectivity index (χ0v) is 12.7. The number of nitro groups is 1. The molecule has 0 fully saturated rings. The standard InChI is InChI=1S/C14H22N4O3/c1-4-7-16-12-6-5-11(8-13(12)18(20)21)9-17(3)10-14(19)15-2/h5-6,8,16H,4,7,9-10H2,1-3H3,(H,15,19). The molecule has 1 aromatic rings. The highest BCUT2D eigenvalue weighted by atomic mass is 16.6. The summed E-state index contributed by atoms with van der Waals surface area (Å²) in [5.41, 5.74) is 1.39. The molecular formula is C14H22N4O3. The van der Waals surface area contributed by atoms with Crippen molar-refractivity contribution < 1.29 is 9.72 Å². The van der Waals surface area contributed by atoms with Crippen molar-refractivity contribution in [3.05, 3.63) is 33.9 Å². The number of likely N-dealkylation sites (N-methyl/N-ethyl adjacent to an activating group) is 2. The molecular weight excluding hydrogens is 272 g/mol. The highest BCUT2D eigenvalue weighted by Crippen LogP contribution is 2.26. The summed E-state index contributed by atoms with van der Waals surface area (Å²) in [7, 11) is 3.37. The molecule has 0 unspecified atom stereocenters. The first kappa shape index (κ1) is 16.9. The maximum atomic E-state index is 11.3. The highest BCUT2D eigenvalue weighted by Gasteiger charge is 2.15. The minimum atomic E-state index is -0.389. The number of amides is 1. The maximum Gasteiger partial charge on any atom is 0.292 e. The third-order valence-electron chi connectivity index (χ3n) is 2.97. The number of nitro benzene ring substituents is 1. The van der Waals surface area contributed by atoms with E-state index in [1.165, 1.54) is 0 Å². The van der Waals surface area contributed by atoms with Crippen molar-refractivity contribution in [2.24, 2.45) is 0 Å². The predicted octanol–water partition coefficient (Wildman–Crippen LogP) is 1.59. The highest BCUT2D eigenvalue weighted by molar-refractivity contribution is 5.77. The first-order chi connectivity index (χ1) is 9.97. The Morgan fingerprint density at radius 2 is 2.14 bits per heavy atom. The average molecular weight is 294 g/mol. The lowest BCUT2D eigenvalue weighted by molar-refractivity contribution is -0.384. The van der Waals surface area contributed by atoms with Crippen LogP contribution in [-0.2, 0) is 11.3 Å². The van der Waals surface area contributed by atoms with E-state index in [1.54, 1.807) is 31.1 Å². The molecule has 0 saturated heterocycles. The summed E-state index contributed by atoms with van der Waals surface area (Å²) >= 11 is 0. The van der Waals surface area contributed by atoms with Crippen molar-refractivity contribution in [3.63, 3.8) is 0 Å². The molecule has 0 bridgehead atoms. The van der Waals surface area contributed by atoms with Crippen molar-refractivity contribution in [1.82, 2.24) is 10.2 Å². The van der Waals surface area contributed by atoms with E-state index >= 15 is 0 Å². The lowest BCUT2D eigenvalue weighted by Crippen LogP contribution is -2.32. The largest absolute Gasteiger partial charge is 0.380 e. The van der Waals surface area contributed by atoms with E-state index < -0.39 is 0 Å². The summed E-state index contributed by atoms with van der Waals surface area (Å²) in [5.74, 6) is -0.0896. The normalized spacial score (nSPS) is 10.5. The SMILES string of the molecule is CCCNc1ccc(CN(C)CC(=O)NC)cc1[N+](=O)[O-]. The third-order valence-corrected chi connectivity index (χ3v) is 2.97. The Labute approximate surface area is 124 Å². The lowest BCUT2D eigenvalue weighted by atomic mass is 10.1. The van der Waals surface area contributed by atoms with Gasteiger partial charge in [-0.2, -0.15) is 0 Å². The minimum absolute atomic E-state index is 0.0642. The zero-order valence-electron chi connectivity index (χ0n) is 12.7. The fraction of sp³-hybridized carbons (Fsp3) is 0.500. The van der Waals surface area contributed by atoms with Gasteiger partial charge < -0.3 is 10.6 Å². The van der Waals surface area contributed by atoms with Gasteiger partial charge in [0.2, 0.25) is 5.91 Å². The number of anilines is 1. The van der Waals surface area contributed by atoms with Gasteiger partial charge in [-0.25, -0.2) is 0 Å². The number of rotatable bonds is 8. The lowest BCUT2D eigenvalue weighted by Gasteiger charge is -2.16. The zero-order chi connectivity index (χ0) is 15.8. The van der Waals surface area contributed by atoms with E-state index in [2.05, 4.69) is 10.6 Å². The second-order valence-electron chi connectivity index (χ2n) is 4.88. The van der Waals surface area contributed by atoms with Crippen LogP contribution < -0.4 is 10.6 Å². The molecule has 0 aliphatic heterocycles. The molecule has 1 aromatic carbocycles. The van der Waals surface area contributed by atoms with Crippen LogP contribution in [0, 0.1) is 10.1 Å². The third kappa shape index (κ3) is 5.39. The molecule has 7 nitrogen and oxygen atoms in total. The Balaban J connectivity index is 2.82. The van der Waals surface area contributed by atoms with Crippen LogP contribution in [-0.4, -0.2) is 42.9 Å². The molecule has 1 amide bonds. The summed E-state index contributed by atoms with van der Waals surface area (Å²) in [6.45, 7) is 3.42. The Bertz CT molecular complexity index is 505. The predicted molar refractivity (Wildman–Crippen MR) is 82.3 cm³/mol. The number of nitrogens with one attached hydrogen (secondary N) is 2. The van der Waals surface area contributed by atoms with Crippen LogP contribution in [0.15, 0.2) is 18.2 Å². The van der Waals surface area contributed by atoms with Crippen LogP contribution in [0.2, 0.25) is 0 Å². The maximum absolute atomic E-state index is 11.3. The minimum Gasteiger partial charge on any atom is -0.380 e. The van der Waals surface area contributed by atoms with Gasteiger partial charge >= 0.3 is 0 Å². The first-order valence-electron chi connectivity index (χ1n) is 6.88. The summed E-state index contributed by atoms with van der Waals surface area (Å²) in [5, 5.41) is 16.7.